The lowest BCUT2D eigenvalue weighted by molar-refractivity contribution is -0.120. The van der Waals surface area contributed by atoms with Crippen molar-refractivity contribution in [3.63, 3.8) is 0 Å². The summed E-state index contributed by atoms with van der Waals surface area (Å²) in [4.78, 5) is 22.8. The standard InChI is InChI=1S/C19H21NO4/c1-13(2)24-17-5-3-4-15(10-17)11-18(21)20-12-14-6-8-16(9-7-14)19(22)23/h3-10,13H,11-12H2,1-2H3,(H,20,21)(H,22,23). The molecule has 0 saturated carbocycles. The lowest BCUT2D eigenvalue weighted by atomic mass is 10.1. The largest absolute Gasteiger partial charge is 0.491 e. The molecule has 0 bridgehead atoms. The van der Waals surface area contributed by atoms with Crippen molar-refractivity contribution in [1.82, 2.24) is 5.32 Å². The Labute approximate surface area is 141 Å². The van der Waals surface area contributed by atoms with Crippen molar-refractivity contribution in [3.05, 3.63) is 65.2 Å². The average Bonchev–Trinajstić information content (AvgIpc) is 2.53. The second kappa shape index (κ2) is 8.15. The Morgan fingerprint density at radius 3 is 2.42 bits per heavy atom. The second-order valence-electron chi connectivity index (χ2n) is 5.77. The van der Waals surface area contributed by atoms with Crippen LogP contribution in [0.2, 0.25) is 0 Å². The Bertz CT molecular complexity index is 708. The summed E-state index contributed by atoms with van der Waals surface area (Å²) in [6.45, 7) is 4.27. The van der Waals surface area contributed by atoms with E-state index in [0.717, 1.165) is 16.9 Å². The number of carboxylic acids is 1. The molecule has 0 atom stereocenters. The molecule has 0 fully saturated rings. The first-order valence-corrected chi connectivity index (χ1v) is 7.78. The van der Waals surface area contributed by atoms with E-state index >= 15 is 0 Å². The van der Waals surface area contributed by atoms with Crippen molar-refractivity contribution in [3.8, 4) is 5.75 Å². The van der Waals surface area contributed by atoms with Gasteiger partial charge in [0.25, 0.3) is 0 Å². The fourth-order valence-corrected chi connectivity index (χ4v) is 2.21. The number of nitrogens with one attached hydrogen (secondary N) is 1. The van der Waals surface area contributed by atoms with Crippen molar-refractivity contribution >= 4 is 11.9 Å². The minimum Gasteiger partial charge on any atom is -0.491 e. The van der Waals surface area contributed by atoms with E-state index in [1.165, 1.54) is 12.1 Å². The van der Waals surface area contributed by atoms with Crippen molar-refractivity contribution in [2.45, 2.75) is 32.9 Å². The number of benzene rings is 2. The van der Waals surface area contributed by atoms with Crippen LogP contribution >= 0.6 is 0 Å². The minimum atomic E-state index is -0.964. The first-order valence-electron chi connectivity index (χ1n) is 7.78. The highest BCUT2D eigenvalue weighted by Crippen LogP contribution is 2.15. The number of carbonyl (C=O) groups is 2. The molecule has 5 nitrogen and oxygen atoms in total. The number of aromatic carboxylic acids is 1. The van der Waals surface area contributed by atoms with Crippen LogP contribution in [0.4, 0.5) is 0 Å². The van der Waals surface area contributed by atoms with E-state index in [1.54, 1.807) is 12.1 Å². The molecule has 2 rings (SSSR count). The third-order valence-electron chi connectivity index (χ3n) is 3.33. The van der Waals surface area contributed by atoms with Crippen LogP contribution in [-0.4, -0.2) is 23.1 Å². The Morgan fingerprint density at radius 2 is 1.79 bits per heavy atom. The van der Waals surface area contributed by atoms with Crippen LogP contribution in [0.25, 0.3) is 0 Å². The summed E-state index contributed by atoms with van der Waals surface area (Å²) >= 11 is 0. The van der Waals surface area contributed by atoms with E-state index in [0.29, 0.717) is 6.54 Å². The molecule has 2 aromatic rings. The van der Waals surface area contributed by atoms with Crippen LogP contribution in [0.3, 0.4) is 0 Å². The van der Waals surface area contributed by atoms with E-state index in [4.69, 9.17) is 9.84 Å². The van der Waals surface area contributed by atoms with Crippen LogP contribution in [0.5, 0.6) is 5.75 Å². The zero-order valence-corrected chi connectivity index (χ0v) is 13.8. The Kier molecular flexibility index (Phi) is 5.95. The van der Waals surface area contributed by atoms with Gasteiger partial charge in [-0.2, -0.15) is 0 Å². The molecule has 2 N–H and O–H groups in total. The van der Waals surface area contributed by atoms with Gasteiger partial charge in [0.1, 0.15) is 5.75 Å². The first kappa shape index (κ1) is 17.5. The van der Waals surface area contributed by atoms with Gasteiger partial charge in [-0.1, -0.05) is 24.3 Å². The average molecular weight is 327 g/mol. The predicted octanol–water partition coefficient (Wildman–Crippen LogP) is 3.03. The maximum atomic E-state index is 12.0. The predicted molar refractivity (Wildman–Crippen MR) is 91.2 cm³/mol. The van der Waals surface area contributed by atoms with E-state index in [-0.39, 0.29) is 24.0 Å². The smallest absolute Gasteiger partial charge is 0.335 e. The lowest BCUT2D eigenvalue weighted by Gasteiger charge is -2.11. The molecule has 126 valence electrons. The van der Waals surface area contributed by atoms with Gasteiger partial charge in [-0.25, -0.2) is 4.79 Å². The van der Waals surface area contributed by atoms with Crippen LogP contribution in [-0.2, 0) is 17.8 Å². The van der Waals surface area contributed by atoms with Gasteiger partial charge in [-0.15, -0.1) is 0 Å². The highest BCUT2D eigenvalue weighted by molar-refractivity contribution is 5.87. The summed E-state index contributed by atoms with van der Waals surface area (Å²) in [7, 11) is 0. The van der Waals surface area contributed by atoms with Gasteiger partial charge in [-0.05, 0) is 49.2 Å². The molecule has 0 aromatic heterocycles. The van der Waals surface area contributed by atoms with Gasteiger partial charge in [0.05, 0.1) is 18.1 Å². The SMILES string of the molecule is CC(C)Oc1cccc(CC(=O)NCc2ccc(C(=O)O)cc2)c1. The van der Waals surface area contributed by atoms with Gasteiger partial charge in [-0.3, -0.25) is 4.79 Å². The van der Waals surface area contributed by atoms with Crippen molar-refractivity contribution in [2.24, 2.45) is 0 Å². The zero-order chi connectivity index (χ0) is 17.5. The first-order chi connectivity index (χ1) is 11.4. The summed E-state index contributed by atoms with van der Waals surface area (Å²) < 4.78 is 5.62. The van der Waals surface area contributed by atoms with Crippen LogP contribution < -0.4 is 10.1 Å². The lowest BCUT2D eigenvalue weighted by Crippen LogP contribution is -2.24. The third kappa shape index (κ3) is 5.43. The number of carboxylic acid groups (broad SMARTS) is 1. The number of carbonyl (C=O) groups excluding carboxylic acids is 1. The Balaban J connectivity index is 1.88. The monoisotopic (exact) mass is 327 g/mol. The maximum absolute atomic E-state index is 12.0. The highest BCUT2D eigenvalue weighted by atomic mass is 16.5. The van der Waals surface area contributed by atoms with Gasteiger partial charge < -0.3 is 15.2 Å². The molecule has 24 heavy (non-hydrogen) atoms. The number of hydrogen-bond donors (Lipinski definition) is 2. The van der Waals surface area contributed by atoms with Crippen molar-refractivity contribution in [2.75, 3.05) is 0 Å². The fourth-order valence-electron chi connectivity index (χ4n) is 2.21. The molecular weight excluding hydrogens is 306 g/mol. The molecule has 1 amide bonds. The van der Waals surface area contributed by atoms with E-state index in [9.17, 15) is 9.59 Å². The Hall–Kier alpha value is -2.82. The number of ether oxygens (including phenoxy) is 1. The molecule has 0 spiro atoms. The fraction of sp³-hybridized carbons (Fsp3) is 0.263. The zero-order valence-electron chi connectivity index (χ0n) is 13.8. The maximum Gasteiger partial charge on any atom is 0.335 e. The molecule has 0 saturated heterocycles. The normalized spacial score (nSPS) is 10.5. The molecule has 2 aromatic carbocycles. The van der Waals surface area contributed by atoms with Crippen LogP contribution in [0.1, 0.15) is 35.3 Å². The molecule has 0 radical (unpaired) electrons. The molecule has 0 aliphatic heterocycles. The summed E-state index contributed by atoms with van der Waals surface area (Å²) in [6, 6.07) is 13.9. The Morgan fingerprint density at radius 1 is 1.08 bits per heavy atom. The number of hydrogen-bond acceptors (Lipinski definition) is 3. The van der Waals surface area contributed by atoms with Gasteiger partial charge >= 0.3 is 5.97 Å². The molecule has 5 heteroatoms. The number of rotatable bonds is 7. The van der Waals surface area contributed by atoms with Gasteiger partial charge in [0.15, 0.2) is 0 Å². The topological polar surface area (TPSA) is 75.6 Å². The quantitative estimate of drug-likeness (QED) is 0.819. The van der Waals surface area contributed by atoms with Crippen molar-refractivity contribution < 1.29 is 19.4 Å². The summed E-state index contributed by atoms with van der Waals surface area (Å²) in [5, 5.41) is 11.7. The summed E-state index contributed by atoms with van der Waals surface area (Å²) in [6.07, 6.45) is 0.352. The third-order valence-corrected chi connectivity index (χ3v) is 3.33. The van der Waals surface area contributed by atoms with Gasteiger partial charge in [0.2, 0.25) is 5.91 Å². The number of amides is 1. The molecule has 0 aliphatic rings. The minimum absolute atomic E-state index is 0.0860. The van der Waals surface area contributed by atoms with E-state index in [2.05, 4.69) is 5.32 Å². The molecule has 0 unspecified atom stereocenters. The van der Waals surface area contributed by atoms with Crippen molar-refractivity contribution in [1.29, 1.82) is 0 Å². The summed E-state index contributed by atoms with van der Waals surface area (Å²) in [5.74, 6) is -0.312. The highest BCUT2D eigenvalue weighted by Gasteiger charge is 2.06. The summed E-state index contributed by atoms with van der Waals surface area (Å²) in [5.41, 5.74) is 1.96. The molecular formula is C19H21NO4. The van der Waals surface area contributed by atoms with Crippen LogP contribution in [0, 0.1) is 0 Å². The van der Waals surface area contributed by atoms with E-state index in [1.807, 2.05) is 38.1 Å². The van der Waals surface area contributed by atoms with Crippen LogP contribution in [0.15, 0.2) is 48.5 Å². The second-order valence-corrected chi connectivity index (χ2v) is 5.77. The molecule has 0 aliphatic carbocycles. The van der Waals surface area contributed by atoms with Gasteiger partial charge in [0, 0.05) is 6.54 Å². The van der Waals surface area contributed by atoms with E-state index < -0.39 is 5.97 Å². The molecule has 0 heterocycles.